The van der Waals surface area contributed by atoms with Crippen LogP contribution in [0.25, 0.3) is 88.4 Å². The molecule has 0 saturated heterocycles. The van der Waals surface area contributed by atoms with Crippen molar-refractivity contribution >= 4 is 43.6 Å². The van der Waals surface area contributed by atoms with Gasteiger partial charge in [-0.05, 0) is 101 Å². The van der Waals surface area contributed by atoms with Crippen LogP contribution in [-0.4, -0.2) is 9.13 Å². The van der Waals surface area contributed by atoms with Crippen molar-refractivity contribution < 1.29 is 13.2 Å². The summed E-state index contributed by atoms with van der Waals surface area (Å²) in [6, 6.07) is 57.6. The van der Waals surface area contributed by atoms with Crippen LogP contribution in [0.5, 0.6) is 0 Å². The molecular formula is C52H28F3N5. The zero-order valence-corrected chi connectivity index (χ0v) is 31.5. The molecule has 0 fully saturated rings. The number of benzene rings is 8. The van der Waals surface area contributed by atoms with Crippen LogP contribution in [0, 0.1) is 34.0 Å². The predicted octanol–water partition coefficient (Wildman–Crippen LogP) is 13.5. The zero-order chi connectivity index (χ0) is 41.1. The molecule has 0 radical (unpaired) electrons. The highest BCUT2D eigenvalue weighted by Crippen LogP contribution is 2.46. The van der Waals surface area contributed by atoms with E-state index in [2.05, 4.69) is 18.2 Å². The number of nitrogens with zero attached hydrogens (tertiary/aromatic N) is 5. The molecule has 0 aliphatic rings. The summed E-state index contributed by atoms with van der Waals surface area (Å²) >= 11 is 0. The second-order valence-corrected chi connectivity index (χ2v) is 14.6. The third kappa shape index (κ3) is 5.69. The number of fused-ring (bicyclic) bond motifs is 6. The van der Waals surface area contributed by atoms with E-state index in [0.717, 1.165) is 43.8 Å². The number of hydrogen-bond acceptors (Lipinski definition) is 3. The van der Waals surface area contributed by atoms with Crippen LogP contribution in [0.15, 0.2) is 170 Å². The summed E-state index contributed by atoms with van der Waals surface area (Å²) in [6.45, 7) is 0. The first-order valence-electron chi connectivity index (χ1n) is 19.1. The number of alkyl halides is 3. The Labute approximate surface area is 341 Å². The smallest absolute Gasteiger partial charge is 0.309 e. The molecule has 60 heavy (non-hydrogen) atoms. The summed E-state index contributed by atoms with van der Waals surface area (Å²) in [4.78, 5) is 0. The number of rotatable bonds is 5. The fourth-order valence-electron chi connectivity index (χ4n) is 8.63. The molecule has 0 saturated carbocycles. The molecule has 8 heteroatoms. The molecular weight excluding hydrogens is 752 g/mol. The second kappa shape index (κ2) is 13.9. The Morgan fingerprint density at radius 1 is 0.400 bits per heavy atom. The van der Waals surface area contributed by atoms with Crippen LogP contribution in [-0.2, 0) is 6.18 Å². The second-order valence-electron chi connectivity index (χ2n) is 14.6. The summed E-state index contributed by atoms with van der Waals surface area (Å²) in [5, 5.41) is 33.2. The Morgan fingerprint density at radius 3 is 1.35 bits per heavy atom. The van der Waals surface area contributed by atoms with Gasteiger partial charge in [-0.2, -0.15) is 29.0 Å². The number of hydrogen-bond donors (Lipinski definition) is 0. The Kier molecular flexibility index (Phi) is 8.35. The summed E-state index contributed by atoms with van der Waals surface area (Å²) < 4.78 is 50.1. The lowest BCUT2D eigenvalue weighted by Crippen LogP contribution is -2.11. The van der Waals surface area contributed by atoms with Gasteiger partial charge in [-0.3, -0.25) is 0 Å². The van der Waals surface area contributed by atoms with Crippen LogP contribution < -0.4 is 0 Å². The first kappa shape index (κ1) is 36.0. The maximum atomic E-state index is 15.4. The maximum absolute atomic E-state index is 15.4. The first-order valence-corrected chi connectivity index (χ1v) is 19.1. The average molecular weight is 780 g/mol. The van der Waals surface area contributed by atoms with Crippen molar-refractivity contribution in [2.75, 3.05) is 0 Å². The first-order chi connectivity index (χ1) is 29.3. The van der Waals surface area contributed by atoms with Crippen molar-refractivity contribution in [2.45, 2.75) is 6.18 Å². The van der Waals surface area contributed by atoms with Gasteiger partial charge in [0.05, 0.1) is 73.9 Å². The minimum Gasteiger partial charge on any atom is -0.309 e. The van der Waals surface area contributed by atoms with Gasteiger partial charge >= 0.3 is 6.18 Å². The third-order valence-electron chi connectivity index (χ3n) is 11.2. The highest BCUT2D eigenvalue weighted by molar-refractivity contribution is 6.13. The van der Waals surface area contributed by atoms with Crippen LogP contribution in [0.1, 0.15) is 22.3 Å². The van der Waals surface area contributed by atoms with E-state index in [-0.39, 0.29) is 11.4 Å². The number of aromatic nitrogens is 2. The van der Waals surface area contributed by atoms with Gasteiger partial charge in [-0.1, -0.05) is 97.1 Å². The molecule has 0 unspecified atom stereocenters. The maximum Gasteiger partial charge on any atom is 0.416 e. The van der Waals surface area contributed by atoms with Crippen LogP contribution in [0.2, 0.25) is 0 Å². The lowest BCUT2D eigenvalue weighted by Gasteiger charge is -2.23. The fourth-order valence-corrected chi connectivity index (χ4v) is 8.63. The van der Waals surface area contributed by atoms with Crippen LogP contribution >= 0.6 is 0 Å². The van der Waals surface area contributed by atoms with Crippen molar-refractivity contribution in [3.05, 3.63) is 192 Å². The van der Waals surface area contributed by atoms with Gasteiger partial charge < -0.3 is 9.13 Å². The van der Waals surface area contributed by atoms with Gasteiger partial charge in [0.15, 0.2) is 0 Å². The number of nitriles is 3. The predicted molar refractivity (Wildman–Crippen MR) is 231 cm³/mol. The van der Waals surface area contributed by atoms with E-state index in [4.69, 9.17) is 0 Å². The Balaban J connectivity index is 1.35. The molecule has 0 aliphatic heterocycles. The molecule has 5 nitrogen and oxygen atoms in total. The molecule has 0 amide bonds. The molecule has 2 aromatic heterocycles. The largest absolute Gasteiger partial charge is 0.416 e. The van der Waals surface area contributed by atoms with Crippen molar-refractivity contribution in [1.82, 2.24) is 9.13 Å². The lowest BCUT2D eigenvalue weighted by atomic mass is 9.96. The SMILES string of the molecule is N#Cc1cccc(-c2c(-n3c4ccccc4c4cc(-c5ccccc5C#N)ccc43)cc(C(F)(F)F)cc2-n2c3ccccc3c3cc(-c4ccccc4C#N)ccc32)c1. The number of para-hydroxylation sites is 2. The fraction of sp³-hybridized carbons (Fsp3) is 0.0192. The highest BCUT2D eigenvalue weighted by atomic mass is 19.4. The third-order valence-corrected chi connectivity index (χ3v) is 11.2. The van der Waals surface area contributed by atoms with Crippen LogP contribution in [0.3, 0.4) is 0 Å². The van der Waals surface area contributed by atoms with Crippen molar-refractivity contribution in [3.8, 4) is 63.0 Å². The Hall–Kier alpha value is -8.38. The molecule has 0 bridgehead atoms. The monoisotopic (exact) mass is 779 g/mol. The molecule has 0 N–H and O–H groups in total. The van der Waals surface area contributed by atoms with E-state index >= 15 is 13.2 Å². The molecule has 8 aromatic carbocycles. The minimum atomic E-state index is -4.74. The van der Waals surface area contributed by atoms with E-state index in [1.165, 1.54) is 12.1 Å². The van der Waals surface area contributed by atoms with Gasteiger partial charge in [-0.25, -0.2) is 0 Å². The summed E-state index contributed by atoms with van der Waals surface area (Å²) in [6.07, 6.45) is -4.74. The molecule has 0 spiro atoms. The van der Waals surface area contributed by atoms with Crippen molar-refractivity contribution in [1.29, 1.82) is 15.8 Å². The zero-order valence-electron chi connectivity index (χ0n) is 31.5. The molecule has 2 heterocycles. The van der Waals surface area contributed by atoms with Gasteiger partial charge in [-0.15, -0.1) is 0 Å². The van der Waals surface area contributed by atoms with Gasteiger partial charge in [0.25, 0.3) is 0 Å². The topological polar surface area (TPSA) is 81.2 Å². The van der Waals surface area contributed by atoms with Gasteiger partial charge in [0.2, 0.25) is 0 Å². The van der Waals surface area contributed by atoms with Crippen LogP contribution in [0.4, 0.5) is 13.2 Å². The van der Waals surface area contributed by atoms with E-state index < -0.39 is 11.7 Å². The number of halogens is 3. The van der Waals surface area contributed by atoms with E-state index in [1.807, 2.05) is 137 Å². The minimum absolute atomic E-state index is 0.275. The van der Waals surface area contributed by atoms with Crippen molar-refractivity contribution in [2.24, 2.45) is 0 Å². The lowest BCUT2D eigenvalue weighted by molar-refractivity contribution is -0.137. The highest BCUT2D eigenvalue weighted by Gasteiger charge is 2.34. The van der Waals surface area contributed by atoms with Gasteiger partial charge in [0.1, 0.15) is 0 Å². The molecule has 10 aromatic rings. The molecule has 0 aliphatic carbocycles. The average Bonchev–Trinajstić information content (AvgIpc) is 3.80. The summed E-state index contributed by atoms with van der Waals surface area (Å²) in [7, 11) is 0. The summed E-state index contributed by atoms with van der Waals surface area (Å²) in [5.74, 6) is 0. The van der Waals surface area contributed by atoms with Gasteiger partial charge in [0, 0.05) is 27.1 Å². The van der Waals surface area contributed by atoms with E-state index in [9.17, 15) is 15.8 Å². The summed E-state index contributed by atoms with van der Waals surface area (Å²) in [5.41, 5.74) is 7.94. The standard InChI is InChI=1S/C52H28F3N5/c53-52(54,55)38-27-49(59-45-18-7-5-16-41(45)43-25-33(20-22-47(43)59)39-14-3-1-11-36(39)30-57)51(35-13-9-10-32(24-35)29-56)50(28-38)60-46-19-8-6-17-42(46)44-26-34(21-23-48(44)60)40-15-4-2-12-37(40)31-58/h1-28H. The Morgan fingerprint density at radius 2 is 0.867 bits per heavy atom. The normalized spacial score (nSPS) is 11.5. The molecule has 10 rings (SSSR count). The molecule has 0 atom stereocenters. The Bertz CT molecular complexity index is 3330. The quantitative estimate of drug-likeness (QED) is 0.174. The molecule has 282 valence electrons. The van der Waals surface area contributed by atoms with E-state index in [0.29, 0.717) is 49.9 Å². The van der Waals surface area contributed by atoms with E-state index in [1.54, 1.807) is 30.3 Å². The van der Waals surface area contributed by atoms with Crippen molar-refractivity contribution in [3.63, 3.8) is 0 Å².